The molecular weight excluding hydrogens is 352 g/mol. The Kier molecular flexibility index (Phi) is 3.15. The molecule has 5 atom stereocenters. The molecule has 6 aliphatic rings. The second-order valence-corrected chi connectivity index (χ2v) is 9.70. The van der Waals surface area contributed by atoms with Crippen LogP contribution in [0.4, 0.5) is 5.69 Å². The molecule has 3 saturated carbocycles. The van der Waals surface area contributed by atoms with Gasteiger partial charge in [0.2, 0.25) is 5.91 Å². The summed E-state index contributed by atoms with van der Waals surface area (Å²) in [5.41, 5.74) is 1.89. The average Bonchev–Trinajstić information content (AvgIpc) is 3.23. The molecule has 148 valence electrons. The summed E-state index contributed by atoms with van der Waals surface area (Å²) in [7, 11) is 1.51. The van der Waals surface area contributed by atoms with Crippen LogP contribution in [0.2, 0.25) is 0 Å². The third-order valence-corrected chi connectivity index (χ3v) is 9.11. The summed E-state index contributed by atoms with van der Waals surface area (Å²) in [5, 5.41) is 0. The molecule has 2 saturated heterocycles. The molecule has 3 aliphatic carbocycles. The quantitative estimate of drug-likeness (QED) is 0.703. The van der Waals surface area contributed by atoms with Crippen LogP contribution in [0.15, 0.2) is 24.3 Å². The monoisotopic (exact) mass is 380 g/mol. The van der Waals surface area contributed by atoms with Crippen molar-refractivity contribution in [2.24, 2.45) is 11.3 Å². The first-order valence-corrected chi connectivity index (χ1v) is 10.7. The molecule has 3 spiro atoms. The summed E-state index contributed by atoms with van der Waals surface area (Å²) in [6.07, 6.45) is 6.33. The molecule has 3 aliphatic heterocycles. The number of esters is 1. The van der Waals surface area contributed by atoms with E-state index in [0.29, 0.717) is 6.04 Å². The van der Waals surface area contributed by atoms with Crippen molar-refractivity contribution in [3.05, 3.63) is 29.8 Å². The van der Waals surface area contributed by atoms with Gasteiger partial charge in [0.05, 0.1) is 18.6 Å². The Hall–Kier alpha value is -1.88. The van der Waals surface area contributed by atoms with E-state index >= 15 is 0 Å². The van der Waals surface area contributed by atoms with Gasteiger partial charge in [-0.15, -0.1) is 0 Å². The Morgan fingerprint density at radius 2 is 1.93 bits per heavy atom. The summed E-state index contributed by atoms with van der Waals surface area (Å²) in [6.45, 7) is 3.89. The molecule has 5 heteroatoms. The topological polar surface area (TPSA) is 49.9 Å². The normalized spacial score (nSPS) is 42.7. The number of carbonyl (C=O) groups is 2. The first-order chi connectivity index (χ1) is 13.5. The number of amides is 1. The summed E-state index contributed by atoms with van der Waals surface area (Å²) in [6, 6.07) is 8.91. The first-order valence-electron chi connectivity index (χ1n) is 10.7. The van der Waals surface area contributed by atoms with Crippen LogP contribution in [0.3, 0.4) is 0 Å². The fourth-order valence-electron chi connectivity index (χ4n) is 8.69. The largest absolute Gasteiger partial charge is 0.469 e. The zero-order chi connectivity index (χ0) is 19.3. The highest BCUT2D eigenvalue weighted by molar-refractivity contribution is 5.99. The van der Waals surface area contributed by atoms with Crippen LogP contribution in [0.5, 0.6) is 0 Å². The molecule has 1 aromatic carbocycles. The lowest BCUT2D eigenvalue weighted by Crippen LogP contribution is -2.79. The van der Waals surface area contributed by atoms with E-state index in [9.17, 15) is 9.59 Å². The number of rotatable bonds is 1. The number of fused-ring (bicyclic) bond motifs is 3. The maximum absolute atomic E-state index is 13.2. The molecular formula is C23H28N2O3. The highest BCUT2D eigenvalue weighted by atomic mass is 16.5. The van der Waals surface area contributed by atoms with Crippen molar-refractivity contribution in [2.75, 3.05) is 25.1 Å². The summed E-state index contributed by atoms with van der Waals surface area (Å²) >= 11 is 0. The smallest absolute Gasteiger partial charge is 0.311 e. The summed E-state index contributed by atoms with van der Waals surface area (Å²) < 4.78 is 5.36. The van der Waals surface area contributed by atoms with Gasteiger partial charge in [0.15, 0.2) is 0 Å². The van der Waals surface area contributed by atoms with Crippen LogP contribution in [0.25, 0.3) is 0 Å². The molecule has 5 fully saturated rings. The van der Waals surface area contributed by atoms with Crippen molar-refractivity contribution in [3.8, 4) is 0 Å². The number of carbonyl (C=O) groups excluding carboxylic acids is 2. The first kappa shape index (κ1) is 17.0. The summed E-state index contributed by atoms with van der Waals surface area (Å²) in [4.78, 5) is 31.0. The van der Waals surface area contributed by atoms with Gasteiger partial charge in [-0.1, -0.05) is 18.2 Å². The zero-order valence-corrected chi connectivity index (χ0v) is 16.7. The van der Waals surface area contributed by atoms with E-state index in [-0.39, 0.29) is 28.6 Å². The number of benzene rings is 1. The van der Waals surface area contributed by atoms with Gasteiger partial charge in [-0.3, -0.25) is 14.5 Å². The standard InChI is InChI=1S/C23H28N2O3/c1-15(26)25-18-7-4-3-6-16(18)22-11-13-24-12-5-8-21(20(22)24)9-10-23(22,25)17(14-21)19(27)28-2/h3-4,6-7,17,20H,5,8-14H2,1-2H3/t17-,20+,21?,22+,23?/m0/s1. The predicted molar refractivity (Wildman–Crippen MR) is 105 cm³/mol. The van der Waals surface area contributed by atoms with Gasteiger partial charge in [0.25, 0.3) is 0 Å². The highest BCUT2D eigenvalue weighted by Gasteiger charge is 2.81. The van der Waals surface area contributed by atoms with Crippen LogP contribution in [0, 0.1) is 11.3 Å². The molecule has 0 N–H and O–H groups in total. The summed E-state index contributed by atoms with van der Waals surface area (Å²) in [5.74, 6) is -0.307. The van der Waals surface area contributed by atoms with Gasteiger partial charge >= 0.3 is 5.97 Å². The maximum atomic E-state index is 13.2. The lowest BCUT2D eigenvalue weighted by molar-refractivity contribution is -0.175. The molecule has 5 nitrogen and oxygen atoms in total. The van der Waals surface area contributed by atoms with Crippen molar-refractivity contribution >= 4 is 17.6 Å². The minimum Gasteiger partial charge on any atom is -0.469 e. The average molecular weight is 380 g/mol. The van der Waals surface area contributed by atoms with Crippen molar-refractivity contribution < 1.29 is 14.3 Å². The van der Waals surface area contributed by atoms with Crippen LogP contribution < -0.4 is 4.90 Å². The van der Waals surface area contributed by atoms with E-state index in [1.54, 1.807) is 6.92 Å². The third-order valence-electron chi connectivity index (χ3n) is 9.11. The molecule has 0 aromatic heterocycles. The SMILES string of the molecule is COC(=O)[C@@H]1CC23CCCN4CC[C@@]5(c6ccccc6N(C(C)=O)C15CC2)[C@H]43. The predicted octanol–water partition coefficient (Wildman–Crippen LogP) is 2.87. The Balaban J connectivity index is 1.70. The number of piperidine rings is 1. The van der Waals surface area contributed by atoms with E-state index in [1.165, 1.54) is 25.5 Å². The Morgan fingerprint density at radius 3 is 2.71 bits per heavy atom. The second kappa shape index (κ2) is 5.18. The van der Waals surface area contributed by atoms with Gasteiger partial charge in [-0.2, -0.15) is 0 Å². The van der Waals surface area contributed by atoms with E-state index in [4.69, 9.17) is 4.74 Å². The highest BCUT2D eigenvalue weighted by Crippen LogP contribution is 2.75. The van der Waals surface area contributed by atoms with Gasteiger partial charge in [-0.25, -0.2) is 0 Å². The second-order valence-electron chi connectivity index (χ2n) is 9.70. The third kappa shape index (κ3) is 1.55. The molecule has 28 heavy (non-hydrogen) atoms. The van der Waals surface area contributed by atoms with Gasteiger partial charge < -0.3 is 9.64 Å². The van der Waals surface area contributed by atoms with Crippen LogP contribution >= 0.6 is 0 Å². The minimum atomic E-state index is -0.478. The van der Waals surface area contributed by atoms with E-state index in [2.05, 4.69) is 23.1 Å². The molecule has 7 rings (SSSR count). The molecule has 1 amide bonds. The van der Waals surface area contributed by atoms with Crippen molar-refractivity contribution in [1.29, 1.82) is 0 Å². The van der Waals surface area contributed by atoms with Gasteiger partial charge in [0, 0.05) is 24.1 Å². The number of hydrogen-bond donors (Lipinski definition) is 0. The molecule has 0 radical (unpaired) electrons. The van der Waals surface area contributed by atoms with Crippen molar-refractivity contribution in [3.63, 3.8) is 0 Å². The van der Waals surface area contributed by atoms with Gasteiger partial charge in [0.1, 0.15) is 0 Å². The number of nitrogens with zero attached hydrogens (tertiary/aromatic N) is 2. The Labute approximate surface area is 166 Å². The van der Waals surface area contributed by atoms with E-state index in [1.807, 2.05) is 11.0 Å². The lowest BCUT2D eigenvalue weighted by atomic mass is 9.38. The fraction of sp³-hybridized carbons (Fsp3) is 0.652. The van der Waals surface area contributed by atoms with Crippen LogP contribution in [-0.4, -0.2) is 48.6 Å². The number of methoxy groups -OCH3 is 1. The van der Waals surface area contributed by atoms with E-state index < -0.39 is 5.54 Å². The fourth-order valence-corrected chi connectivity index (χ4v) is 8.69. The molecule has 3 heterocycles. The maximum Gasteiger partial charge on any atom is 0.311 e. The van der Waals surface area contributed by atoms with E-state index in [0.717, 1.165) is 44.5 Å². The number of ether oxygens (including phenoxy) is 1. The molecule has 2 unspecified atom stereocenters. The number of hydrogen-bond acceptors (Lipinski definition) is 4. The Bertz CT molecular complexity index is 900. The van der Waals surface area contributed by atoms with Crippen molar-refractivity contribution in [1.82, 2.24) is 4.90 Å². The minimum absolute atomic E-state index is 0.0573. The van der Waals surface area contributed by atoms with Gasteiger partial charge in [-0.05, 0) is 68.7 Å². The van der Waals surface area contributed by atoms with Crippen LogP contribution in [0.1, 0.15) is 51.0 Å². The number of para-hydroxylation sites is 1. The van der Waals surface area contributed by atoms with Crippen molar-refractivity contribution in [2.45, 2.75) is 62.4 Å². The Morgan fingerprint density at radius 1 is 1.11 bits per heavy atom. The lowest BCUT2D eigenvalue weighted by Gasteiger charge is -2.70. The zero-order valence-electron chi connectivity index (χ0n) is 16.7. The molecule has 2 bridgehead atoms. The van der Waals surface area contributed by atoms with Crippen LogP contribution in [-0.2, 0) is 19.7 Å². The number of anilines is 1. The molecule has 1 aromatic rings.